The zero-order valence-corrected chi connectivity index (χ0v) is 10.9. The lowest BCUT2D eigenvalue weighted by atomic mass is 9.77. The van der Waals surface area contributed by atoms with Gasteiger partial charge in [-0.05, 0) is 56.7 Å². The van der Waals surface area contributed by atoms with Crippen LogP contribution in [0.3, 0.4) is 0 Å². The third-order valence-electron chi connectivity index (χ3n) is 3.74. The molecule has 2 heteroatoms. The molecule has 0 aromatic heterocycles. The Morgan fingerprint density at radius 3 is 2.94 bits per heavy atom. The maximum atomic E-state index is 10.3. The van der Waals surface area contributed by atoms with Crippen LogP contribution in [-0.4, -0.2) is 24.3 Å². The van der Waals surface area contributed by atoms with Gasteiger partial charge in [0, 0.05) is 6.54 Å². The molecule has 0 heterocycles. The Morgan fingerprint density at radius 2 is 2.18 bits per heavy atom. The first-order valence-corrected chi connectivity index (χ1v) is 6.57. The number of fused-ring (bicyclic) bond motifs is 1. The van der Waals surface area contributed by atoms with Gasteiger partial charge < -0.3 is 10.4 Å². The molecule has 2 rings (SSSR count). The van der Waals surface area contributed by atoms with Gasteiger partial charge in [0.05, 0.1) is 5.60 Å². The smallest absolute Gasteiger partial charge is 0.0749 e. The standard InChI is InChI=1S/C15H23NO/c1-15(17,11-16-2)10-13-8-5-7-12-6-3-4-9-14(12)13/h3-4,6,9,13,16-17H,5,7-8,10-11H2,1-2H3. The van der Waals surface area contributed by atoms with E-state index >= 15 is 0 Å². The minimum atomic E-state index is -0.607. The number of likely N-dealkylation sites (N-methyl/N-ethyl adjacent to an activating group) is 1. The maximum absolute atomic E-state index is 10.3. The molecule has 2 atom stereocenters. The zero-order chi connectivity index (χ0) is 12.3. The predicted octanol–water partition coefficient (Wildman–Crippen LogP) is 2.47. The van der Waals surface area contributed by atoms with Gasteiger partial charge in [-0.1, -0.05) is 24.3 Å². The lowest BCUT2D eigenvalue weighted by Crippen LogP contribution is -2.38. The van der Waals surface area contributed by atoms with E-state index in [0.29, 0.717) is 12.5 Å². The van der Waals surface area contributed by atoms with Crippen molar-refractivity contribution in [3.8, 4) is 0 Å². The van der Waals surface area contributed by atoms with E-state index in [9.17, 15) is 5.11 Å². The fraction of sp³-hybridized carbons (Fsp3) is 0.600. The highest BCUT2D eigenvalue weighted by Gasteiger charge is 2.28. The lowest BCUT2D eigenvalue weighted by molar-refractivity contribution is 0.0435. The van der Waals surface area contributed by atoms with Crippen LogP contribution in [0.5, 0.6) is 0 Å². The third kappa shape index (κ3) is 3.08. The number of benzene rings is 1. The molecule has 1 aromatic carbocycles. The Kier molecular flexibility index (Phi) is 3.85. The minimum absolute atomic E-state index is 0.517. The van der Waals surface area contributed by atoms with E-state index in [1.807, 2.05) is 14.0 Å². The predicted molar refractivity (Wildman–Crippen MR) is 71.3 cm³/mol. The summed E-state index contributed by atoms with van der Waals surface area (Å²) in [5, 5.41) is 13.4. The van der Waals surface area contributed by atoms with Gasteiger partial charge in [-0.3, -0.25) is 0 Å². The van der Waals surface area contributed by atoms with Crippen molar-refractivity contribution in [3.05, 3.63) is 35.4 Å². The number of rotatable bonds is 4. The molecule has 0 saturated heterocycles. The van der Waals surface area contributed by atoms with Crippen LogP contribution in [0.2, 0.25) is 0 Å². The van der Waals surface area contributed by atoms with E-state index in [-0.39, 0.29) is 0 Å². The van der Waals surface area contributed by atoms with Crippen LogP contribution in [0.1, 0.15) is 43.2 Å². The van der Waals surface area contributed by atoms with Crippen molar-refractivity contribution in [2.75, 3.05) is 13.6 Å². The second kappa shape index (κ2) is 5.19. The molecule has 0 saturated carbocycles. The summed E-state index contributed by atoms with van der Waals surface area (Å²) in [7, 11) is 1.89. The Balaban J connectivity index is 2.13. The Labute approximate surface area is 104 Å². The number of aryl methyl sites for hydroxylation is 1. The van der Waals surface area contributed by atoms with Gasteiger partial charge in [-0.25, -0.2) is 0 Å². The van der Waals surface area contributed by atoms with E-state index in [1.54, 1.807) is 0 Å². The molecule has 0 bridgehead atoms. The zero-order valence-electron chi connectivity index (χ0n) is 10.9. The first-order valence-electron chi connectivity index (χ1n) is 6.57. The van der Waals surface area contributed by atoms with Gasteiger partial charge in [0.15, 0.2) is 0 Å². The Morgan fingerprint density at radius 1 is 1.41 bits per heavy atom. The van der Waals surface area contributed by atoms with Crippen LogP contribution in [0.25, 0.3) is 0 Å². The van der Waals surface area contributed by atoms with E-state index in [0.717, 1.165) is 6.42 Å². The Hall–Kier alpha value is -0.860. The third-order valence-corrected chi connectivity index (χ3v) is 3.74. The summed E-state index contributed by atoms with van der Waals surface area (Å²) >= 11 is 0. The second-order valence-corrected chi connectivity index (χ2v) is 5.52. The molecule has 0 spiro atoms. The molecular weight excluding hydrogens is 210 g/mol. The lowest BCUT2D eigenvalue weighted by Gasteiger charge is -2.32. The highest BCUT2D eigenvalue weighted by Crippen LogP contribution is 2.36. The Bertz CT molecular complexity index is 373. The van der Waals surface area contributed by atoms with Crippen LogP contribution in [0.4, 0.5) is 0 Å². The first-order chi connectivity index (χ1) is 8.12. The largest absolute Gasteiger partial charge is 0.389 e. The van der Waals surface area contributed by atoms with E-state index in [2.05, 4.69) is 29.6 Å². The average Bonchev–Trinajstić information content (AvgIpc) is 2.29. The number of hydrogen-bond donors (Lipinski definition) is 2. The van der Waals surface area contributed by atoms with Crippen molar-refractivity contribution in [2.24, 2.45) is 0 Å². The van der Waals surface area contributed by atoms with Crippen molar-refractivity contribution in [1.29, 1.82) is 0 Å². The molecule has 2 N–H and O–H groups in total. The molecular formula is C15H23NO. The molecule has 17 heavy (non-hydrogen) atoms. The fourth-order valence-corrected chi connectivity index (χ4v) is 3.05. The van der Waals surface area contributed by atoms with Crippen LogP contribution in [0, 0.1) is 0 Å². The molecule has 2 unspecified atom stereocenters. The maximum Gasteiger partial charge on any atom is 0.0749 e. The van der Waals surface area contributed by atoms with Crippen LogP contribution in [0.15, 0.2) is 24.3 Å². The highest BCUT2D eigenvalue weighted by molar-refractivity contribution is 5.32. The fourth-order valence-electron chi connectivity index (χ4n) is 3.05. The second-order valence-electron chi connectivity index (χ2n) is 5.52. The van der Waals surface area contributed by atoms with Crippen molar-refractivity contribution in [1.82, 2.24) is 5.32 Å². The number of hydrogen-bond acceptors (Lipinski definition) is 2. The summed E-state index contributed by atoms with van der Waals surface area (Å²) in [4.78, 5) is 0. The van der Waals surface area contributed by atoms with Gasteiger partial charge in [-0.15, -0.1) is 0 Å². The topological polar surface area (TPSA) is 32.3 Å². The SMILES string of the molecule is CNCC(C)(O)CC1CCCc2ccccc21. The van der Waals surface area contributed by atoms with Crippen LogP contribution in [-0.2, 0) is 6.42 Å². The van der Waals surface area contributed by atoms with Crippen LogP contribution >= 0.6 is 0 Å². The number of aliphatic hydroxyl groups is 1. The molecule has 0 aliphatic heterocycles. The molecule has 1 aliphatic carbocycles. The minimum Gasteiger partial charge on any atom is -0.389 e. The van der Waals surface area contributed by atoms with Crippen molar-refractivity contribution < 1.29 is 5.11 Å². The molecule has 94 valence electrons. The van der Waals surface area contributed by atoms with E-state index in [4.69, 9.17) is 0 Å². The first kappa shape index (κ1) is 12.6. The van der Waals surface area contributed by atoms with Gasteiger partial charge in [0.25, 0.3) is 0 Å². The van der Waals surface area contributed by atoms with Gasteiger partial charge in [0.2, 0.25) is 0 Å². The van der Waals surface area contributed by atoms with Crippen molar-refractivity contribution in [3.63, 3.8) is 0 Å². The van der Waals surface area contributed by atoms with Gasteiger partial charge in [0.1, 0.15) is 0 Å². The molecule has 0 radical (unpaired) electrons. The average molecular weight is 233 g/mol. The molecule has 0 fully saturated rings. The molecule has 1 aromatic rings. The molecule has 0 amide bonds. The highest BCUT2D eigenvalue weighted by atomic mass is 16.3. The number of nitrogens with one attached hydrogen (secondary N) is 1. The van der Waals surface area contributed by atoms with Crippen molar-refractivity contribution >= 4 is 0 Å². The molecule has 1 aliphatic rings. The summed E-state index contributed by atoms with van der Waals surface area (Å²) in [5.41, 5.74) is 2.32. The quantitative estimate of drug-likeness (QED) is 0.837. The van der Waals surface area contributed by atoms with Gasteiger partial charge >= 0.3 is 0 Å². The van der Waals surface area contributed by atoms with Crippen molar-refractivity contribution in [2.45, 2.75) is 44.1 Å². The van der Waals surface area contributed by atoms with E-state index < -0.39 is 5.60 Å². The summed E-state index contributed by atoms with van der Waals surface area (Å²) in [6.45, 7) is 2.59. The summed E-state index contributed by atoms with van der Waals surface area (Å²) in [5.74, 6) is 0.517. The normalized spacial score (nSPS) is 22.9. The van der Waals surface area contributed by atoms with E-state index in [1.165, 1.54) is 30.4 Å². The summed E-state index contributed by atoms with van der Waals surface area (Å²) in [6.07, 6.45) is 4.50. The summed E-state index contributed by atoms with van der Waals surface area (Å²) < 4.78 is 0. The molecule has 2 nitrogen and oxygen atoms in total. The monoisotopic (exact) mass is 233 g/mol. The van der Waals surface area contributed by atoms with Crippen LogP contribution < -0.4 is 5.32 Å². The van der Waals surface area contributed by atoms with Gasteiger partial charge in [-0.2, -0.15) is 0 Å². The summed E-state index contributed by atoms with van der Waals surface area (Å²) in [6, 6.07) is 8.69.